The van der Waals surface area contributed by atoms with Crippen LogP contribution in [0, 0.1) is 10.1 Å². The van der Waals surface area contributed by atoms with Crippen molar-refractivity contribution in [2.24, 2.45) is 0 Å². The zero-order chi connectivity index (χ0) is 20.2. The summed E-state index contributed by atoms with van der Waals surface area (Å²) in [5, 5.41) is 15.9. The van der Waals surface area contributed by atoms with Gasteiger partial charge in [0.25, 0.3) is 5.69 Å². The van der Waals surface area contributed by atoms with Crippen molar-refractivity contribution in [2.45, 2.75) is 19.0 Å². The summed E-state index contributed by atoms with van der Waals surface area (Å²) in [4.78, 5) is 45.4. The Kier molecular flexibility index (Phi) is 5.98. The number of likely N-dealkylation sites (tertiary alicyclic amines) is 1. The standard InChI is InChI=1S/C15H15F3N4O5/c16-15(17,18)9-1-2-10(11(7-9)22(26)27)19-5-6-20-12(23)8-21-13(24)3-4-14(21)25/h1-2,7,19H,3-6,8H2,(H,20,23). The van der Waals surface area contributed by atoms with Gasteiger partial charge in [-0.3, -0.25) is 29.4 Å². The van der Waals surface area contributed by atoms with Crippen LogP contribution in [0.4, 0.5) is 24.5 Å². The van der Waals surface area contributed by atoms with Crippen LogP contribution in [-0.2, 0) is 20.6 Å². The van der Waals surface area contributed by atoms with Crippen molar-refractivity contribution in [1.29, 1.82) is 0 Å². The molecule has 0 saturated carbocycles. The highest BCUT2D eigenvalue weighted by atomic mass is 19.4. The molecule has 1 saturated heterocycles. The zero-order valence-corrected chi connectivity index (χ0v) is 13.8. The molecule has 1 aromatic rings. The fraction of sp³-hybridized carbons (Fsp3) is 0.400. The summed E-state index contributed by atoms with van der Waals surface area (Å²) in [7, 11) is 0. The van der Waals surface area contributed by atoms with Gasteiger partial charge in [0, 0.05) is 32.0 Å². The number of carbonyl (C=O) groups is 3. The van der Waals surface area contributed by atoms with E-state index in [9.17, 15) is 37.7 Å². The fourth-order valence-corrected chi connectivity index (χ4v) is 2.41. The Morgan fingerprint density at radius 3 is 2.37 bits per heavy atom. The molecule has 1 aliphatic heterocycles. The van der Waals surface area contributed by atoms with Gasteiger partial charge in [-0.1, -0.05) is 0 Å². The molecule has 0 spiro atoms. The summed E-state index contributed by atoms with van der Waals surface area (Å²) >= 11 is 0. The Bertz CT molecular complexity index is 765. The molecule has 0 unspecified atom stereocenters. The number of anilines is 1. The van der Waals surface area contributed by atoms with Crippen LogP contribution in [0.1, 0.15) is 18.4 Å². The van der Waals surface area contributed by atoms with Crippen molar-refractivity contribution in [1.82, 2.24) is 10.2 Å². The molecule has 1 aromatic carbocycles. The maximum absolute atomic E-state index is 12.6. The van der Waals surface area contributed by atoms with Crippen molar-refractivity contribution in [2.75, 3.05) is 25.0 Å². The summed E-state index contributed by atoms with van der Waals surface area (Å²) in [5.41, 5.74) is -2.02. The minimum absolute atomic E-state index is 0.0141. The number of alkyl halides is 3. The molecule has 0 atom stereocenters. The Hall–Kier alpha value is -3.18. The molecule has 0 radical (unpaired) electrons. The van der Waals surface area contributed by atoms with E-state index in [1.807, 2.05) is 0 Å². The Morgan fingerprint density at radius 2 is 1.81 bits per heavy atom. The molecular formula is C15H15F3N4O5. The quantitative estimate of drug-likeness (QED) is 0.314. The maximum Gasteiger partial charge on any atom is 0.416 e. The number of nitro benzene ring substituents is 1. The molecule has 0 bridgehead atoms. The van der Waals surface area contributed by atoms with Crippen LogP contribution >= 0.6 is 0 Å². The second-order valence-electron chi connectivity index (χ2n) is 5.64. The fourth-order valence-electron chi connectivity index (χ4n) is 2.41. The van der Waals surface area contributed by atoms with E-state index in [-0.39, 0.29) is 31.6 Å². The average molecular weight is 388 g/mol. The molecule has 2 rings (SSSR count). The van der Waals surface area contributed by atoms with E-state index >= 15 is 0 Å². The van der Waals surface area contributed by atoms with Crippen LogP contribution in [-0.4, -0.2) is 47.2 Å². The van der Waals surface area contributed by atoms with Crippen molar-refractivity contribution in [3.05, 3.63) is 33.9 Å². The number of nitrogens with one attached hydrogen (secondary N) is 2. The lowest BCUT2D eigenvalue weighted by molar-refractivity contribution is -0.384. The van der Waals surface area contributed by atoms with E-state index in [1.165, 1.54) is 0 Å². The predicted octanol–water partition coefficient (Wildman–Crippen LogP) is 1.29. The van der Waals surface area contributed by atoms with Crippen molar-refractivity contribution >= 4 is 29.1 Å². The van der Waals surface area contributed by atoms with E-state index in [0.29, 0.717) is 12.1 Å². The zero-order valence-electron chi connectivity index (χ0n) is 13.8. The van der Waals surface area contributed by atoms with Crippen molar-refractivity contribution < 1.29 is 32.5 Å². The number of nitrogens with zero attached hydrogens (tertiary/aromatic N) is 2. The number of halogens is 3. The molecule has 146 valence electrons. The lowest BCUT2D eigenvalue weighted by Gasteiger charge is -2.14. The molecular weight excluding hydrogens is 373 g/mol. The van der Waals surface area contributed by atoms with Crippen LogP contribution in [0.5, 0.6) is 0 Å². The number of nitro groups is 1. The molecule has 12 heteroatoms. The topological polar surface area (TPSA) is 122 Å². The average Bonchev–Trinajstić information content (AvgIpc) is 2.89. The lowest BCUT2D eigenvalue weighted by atomic mass is 10.1. The summed E-state index contributed by atoms with van der Waals surface area (Å²) in [6.07, 6.45) is -4.59. The number of benzene rings is 1. The molecule has 9 nitrogen and oxygen atoms in total. The van der Waals surface area contributed by atoms with Crippen molar-refractivity contribution in [3.8, 4) is 0 Å². The second-order valence-corrected chi connectivity index (χ2v) is 5.64. The van der Waals surface area contributed by atoms with Crippen LogP contribution in [0.25, 0.3) is 0 Å². The number of rotatable bonds is 7. The first kappa shape index (κ1) is 20.1. The number of imide groups is 1. The van der Waals surface area contributed by atoms with Crippen LogP contribution in [0.15, 0.2) is 18.2 Å². The van der Waals surface area contributed by atoms with E-state index in [2.05, 4.69) is 10.6 Å². The Morgan fingerprint density at radius 1 is 1.19 bits per heavy atom. The highest BCUT2D eigenvalue weighted by molar-refractivity contribution is 6.04. The summed E-state index contributed by atoms with van der Waals surface area (Å²) in [6, 6.07) is 2.06. The van der Waals surface area contributed by atoms with E-state index in [1.54, 1.807) is 0 Å². The number of carbonyl (C=O) groups excluding carboxylic acids is 3. The monoisotopic (exact) mass is 388 g/mol. The summed E-state index contributed by atoms with van der Waals surface area (Å²) in [6.45, 7) is -0.453. The Balaban J connectivity index is 1.88. The first-order valence-electron chi connectivity index (χ1n) is 7.79. The van der Waals surface area contributed by atoms with E-state index < -0.39 is 46.6 Å². The third kappa shape index (κ3) is 5.15. The van der Waals surface area contributed by atoms with Gasteiger partial charge >= 0.3 is 6.18 Å². The smallest absolute Gasteiger partial charge is 0.378 e. The molecule has 1 heterocycles. The van der Waals surface area contributed by atoms with Crippen LogP contribution in [0.3, 0.4) is 0 Å². The van der Waals surface area contributed by atoms with Crippen LogP contribution < -0.4 is 10.6 Å². The molecule has 2 N–H and O–H groups in total. The summed E-state index contributed by atoms with van der Waals surface area (Å²) < 4.78 is 37.9. The minimum Gasteiger partial charge on any atom is -0.378 e. The molecule has 27 heavy (non-hydrogen) atoms. The van der Waals surface area contributed by atoms with Crippen molar-refractivity contribution in [3.63, 3.8) is 0 Å². The van der Waals surface area contributed by atoms with Gasteiger partial charge in [-0.05, 0) is 12.1 Å². The number of amides is 3. The second kappa shape index (κ2) is 8.01. The lowest BCUT2D eigenvalue weighted by Crippen LogP contribution is -2.41. The first-order valence-corrected chi connectivity index (χ1v) is 7.79. The first-order chi connectivity index (χ1) is 12.6. The number of hydrogen-bond acceptors (Lipinski definition) is 6. The van der Waals surface area contributed by atoms with Gasteiger partial charge in [-0.2, -0.15) is 13.2 Å². The normalized spacial score (nSPS) is 14.4. The Labute approximate surface area is 150 Å². The SMILES string of the molecule is O=C(CN1C(=O)CCC1=O)NCCNc1ccc(C(F)(F)F)cc1[N+](=O)[O-]. The molecule has 1 fully saturated rings. The highest BCUT2D eigenvalue weighted by Crippen LogP contribution is 2.34. The van der Waals surface area contributed by atoms with Gasteiger partial charge in [0.05, 0.1) is 10.5 Å². The molecule has 1 aliphatic rings. The van der Waals surface area contributed by atoms with Gasteiger partial charge in [0.15, 0.2) is 0 Å². The largest absolute Gasteiger partial charge is 0.416 e. The molecule has 0 aromatic heterocycles. The van der Waals surface area contributed by atoms with Gasteiger partial charge in [-0.15, -0.1) is 0 Å². The molecule has 3 amide bonds. The molecule has 0 aliphatic carbocycles. The third-order valence-corrected chi connectivity index (χ3v) is 3.74. The van der Waals surface area contributed by atoms with Gasteiger partial charge in [0.1, 0.15) is 12.2 Å². The third-order valence-electron chi connectivity index (χ3n) is 3.74. The van der Waals surface area contributed by atoms with Crippen LogP contribution in [0.2, 0.25) is 0 Å². The van der Waals surface area contributed by atoms with Gasteiger partial charge in [0.2, 0.25) is 17.7 Å². The van der Waals surface area contributed by atoms with Gasteiger partial charge < -0.3 is 10.6 Å². The maximum atomic E-state index is 12.6. The van der Waals surface area contributed by atoms with Gasteiger partial charge in [-0.25, -0.2) is 0 Å². The highest BCUT2D eigenvalue weighted by Gasteiger charge is 2.33. The predicted molar refractivity (Wildman–Crippen MR) is 85.6 cm³/mol. The van der Waals surface area contributed by atoms with E-state index in [0.717, 1.165) is 11.0 Å². The minimum atomic E-state index is -4.71. The summed E-state index contributed by atoms with van der Waals surface area (Å²) in [5.74, 6) is -1.47. The number of hydrogen-bond donors (Lipinski definition) is 2. The van der Waals surface area contributed by atoms with E-state index in [4.69, 9.17) is 0 Å².